The lowest BCUT2D eigenvalue weighted by Crippen LogP contribution is -2.15. The van der Waals surface area contributed by atoms with Gasteiger partial charge in [0.05, 0.1) is 12.8 Å². The Morgan fingerprint density at radius 1 is 1.17 bits per heavy atom. The molecule has 0 radical (unpaired) electrons. The Labute approximate surface area is 175 Å². The van der Waals surface area contributed by atoms with Crippen LogP contribution in [-0.4, -0.2) is 24.9 Å². The summed E-state index contributed by atoms with van der Waals surface area (Å²) in [5, 5.41) is 1.78. The van der Waals surface area contributed by atoms with Crippen molar-refractivity contribution in [2.75, 3.05) is 11.8 Å². The van der Waals surface area contributed by atoms with E-state index in [9.17, 15) is 17.6 Å². The Bertz CT molecular complexity index is 1430. The summed E-state index contributed by atoms with van der Waals surface area (Å²) in [4.78, 5) is 17.0. The number of ether oxygens (including phenoxy) is 1. The van der Waals surface area contributed by atoms with Gasteiger partial charge in [-0.15, -0.1) is 11.3 Å². The van der Waals surface area contributed by atoms with Crippen molar-refractivity contribution in [2.45, 2.75) is 11.8 Å². The Hall–Kier alpha value is -3.24. The van der Waals surface area contributed by atoms with Crippen molar-refractivity contribution in [3.05, 3.63) is 75.8 Å². The van der Waals surface area contributed by atoms with Crippen LogP contribution in [0.5, 0.6) is 5.75 Å². The summed E-state index contributed by atoms with van der Waals surface area (Å²) in [5.74, 6) is -0.672. The molecule has 2 heterocycles. The highest BCUT2D eigenvalue weighted by molar-refractivity contribution is 7.92. The van der Waals surface area contributed by atoms with Gasteiger partial charge in [0.25, 0.3) is 15.6 Å². The minimum Gasteiger partial charge on any atom is -0.495 e. The first-order valence-corrected chi connectivity index (χ1v) is 11.1. The van der Waals surface area contributed by atoms with E-state index in [2.05, 4.69) is 9.71 Å². The van der Waals surface area contributed by atoms with E-state index in [1.807, 2.05) is 0 Å². The number of thiazole rings is 1. The van der Waals surface area contributed by atoms with Gasteiger partial charge in [0.1, 0.15) is 16.5 Å². The highest BCUT2D eigenvalue weighted by Gasteiger charge is 2.21. The van der Waals surface area contributed by atoms with Gasteiger partial charge >= 0.3 is 0 Å². The number of methoxy groups -OCH3 is 1. The number of aromatic nitrogens is 2. The minimum atomic E-state index is -4.11. The van der Waals surface area contributed by atoms with Gasteiger partial charge in [-0.05, 0) is 37.3 Å². The van der Waals surface area contributed by atoms with Crippen LogP contribution in [-0.2, 0) is 10.0 Å². The second kappa shape index (κ2) is 7.54. The highest BCUT2D eigenvalue weighted by Crippen LogP contribution is 2.29. The predicted molar refractivity (Wildman–Crippen MR) is 113 cm³/mol. The quantitative estimate of drug-likeness (QED) is 0.506. The first-order chi connectivity index (χ1) is 14.3. The molecule has 0 saturated heterocycles. The van der Waals surface area contributed by atoms with Gasteiger partial charge in [-0.2, -0.15) is 0 Å². The molecule has 0 amide bonds. The number of benzene rings is 2. The molecule has 0 atom stereocenters. The Kier molecular flexibility index (Phi) is 5.04. The van der Waals surface area contributed by atoms with Crippen LogP contribution in [0.15, 0.2) is 63.6 Å². The fourth-order valence-corrected chi connectivity index (χ4v) is 5.22. The molecule has 0 aliphatic heterocycles. The van der Waals surface area contributed by atoms with Crippen molar-refractivity contribution in [2.24, 2.45) is 0 Å². The van der Waals surface area contributed by atoms with Gasteiger partial charge in [-0.25, -0.2) is 17.8 Å². The fraction of sp³-hybridized carbons (Fsp3) is 0.100. The van der Waals surface area contributed by atoms with Crippen LogP contribution < -0.4 is 15.0 Å². The van der Waals surface area contributed by atoms with Crippen LogP contribution in [0.2, 0.25) is 0 Å². The monoisotopic (exact) mass is 445 g/mol. The maximum absolute atomic E-state index is 13.6. The van der Waals surface area contributed by atoms with Gasteiger partial charge in [-0.3, -0.25) is 13.9 Å². The van der Waals surface area contributed by atoms with Gasteiger partial charge in [0.15, 0.2) is 4.96 Å². The third-order valence-electron chi connectivity index (χ3n) is 4.36. The van der Waals surface area contributed by atoms with Crippen molar-refractivity contribution >= 4 is 32.0 Å². The zero-order chi connectivity index (χ0) is 21.5. The minimum absolute atomic E-state index is 0.0249. The molecule has 2 aromatic carbocycles. The van der Waals surface area contributed by atoms with E-state index in [1.165, 1.54) is 35.0 Å². The predicted octanol–water partition coefficient (Wildman–Crippen LogP) is 3.68. The smallest absolute Gasteiger partial charge is 0.265 e. The van der Waals surface area contributed by atoms with Gasteiger partial charge in [0, 0.05) is 28.4 Å². The number of nitrogens with zero attached hydrogens (tertiary/aromatic N) is 2. The topological polar surface area (TPSA) is 89.8 Å². The molecule has 30 heavy (non-hydrogen) atoms. The molecule has 2 aromatic heterocycles. The van der Waals surface area contributed by atoms with Crippen molar-refractivity contribution in [1.29, 1.82) is 0 Å². The SMILES string of the molecule is COc1ccc(F)cc1S(=O)(=O)Nc1cccc(-c2csc3nc(C)cc(=O)n23)c1. The molecule has 10 heteroatoms. The molecule has 7 nitrogen and oxygen atoms in total. The first-order valence-electron chi connectivity index (χ1n) is 8.73. The highest BCUT2D eigenvalue weighted by atomic mass is 32.2. The molecule has 4 rings (SSSR count). The lowest BCUT2D eigenvalue weighted by molar-refractivity contribution is 0.401. The number of halogens is 1. The molecule has 0 fully saturated rings. The van der Waals surface area contributed by atoms with Crippen molar-refractivity contribution < 1.29 is 17.5 Å². The van der Waals surface area contributed by atoms with Crippen LogP contribution in [0.4, 0.5) is 10.1 Å². The summed E-state index contributed by atoms with van der Waals surface area (Å²) < 4.78 is 48.2. The summed E-state index contributed by atoms with van der Waals surface area (Å²) in [7, 11) is -2.81. The van der Waals surface area contributed by atoms with Crippen LogP contribution in [0.25, 0.3) is 16.2 Å². The van der Waals surface area contributed by atoms with E-state index >= 15 is 0 Å². The average Bonchev–Trinajstić information content (AvgIpc) is 3.12. The summed E-state index contributed by atoms with van der Waals surface area (Å²) in [6.07, 6.45) is 0. The van der Waals surface area contributed by atoms with Crippen LogP contribution in [0.1, 0.15) is 5.69 Å². The average molecular weight is 445 g/mol. The van der Waals surface area contributed by atoms with Crippen LogP contribution in [0, 0.1) is 12.7 Å². The maximum Gasteiger partial charge on any atom is 0.265 e. The van der Waals surface area contributed by atoms with E-state index in [4.69, 9.17) is 4.74 Å². The molecule has 0 aliphatic rings. The molecule has 0 aliphatic carbocycles. The number of hydrogen-bond acceptors (Lipinski definition) is 6. The standard InChI is InChI=1S/C20H16FN3O4S2/c1-12-8-19(25)24-16(11-29-20(24)22-12)13-4-3-5-15(9-13)23-30(26,27)18-10-14(21)6-7-17(18)28-2/h3-11,23H,1-2H3. The van der Waals surface area contributed by atoms with Gasteiger partial charge < -0.3 is 4.74 Å². The van der Waals surface area contributed by atoms with E-state index in [0.717, 1.165) is 12.1 Å². The fourth-order valence-electron chi connectivity index (χ4n) is 3.04. The lowest BCUT2D eigenvalue weighted by atomic mass is 10.1. The molecular weight excluding hydrogens is 429 g/mol. The van der Waals surface area contributed by atoms with Gasteiger partial charge in [0.2, 0.25) is 0 Å². The summed E-state index contributed by atoms with van der Waals surface area (Å²) in [6.45, 7) is 1.75. The number of hydrogen-bond donors (Lipinski definition) is 1. The van der Waals surface area contributed by atoms with Crippen molar-refractivity contribution in [3.63, 3.8) is 0 Å². The van der Waals surface area contributed by atoms with Crippen LogP contribution in [0.3, 0.4) is 0 Å². The molecule has 1 N–H and O–H groups in total. The van der Waals surface area contributed by atoms with Crippen LogP contribution >= 0.6 is 11.3 Å². The third-order valence-corrected chi connectivity index (χ3v) is 6.59. The molecule has 4 aromatic rings. The Morgan fingerprint density at radius 3 is 2.73 bits per heavy atom. The molecule has 0 unspecified atom stereocenters. The molecule has 0 saturated carbocycles. The normalized spacial score (nSPS) is 11.6. The first kappa shape index (κ1) is 20.0. The number of fused-ring (bicyclic) bond motifs is 1. The van der Waals surface area contributed by atoms with E-state index in [-0.39, 0.29) is 21.9 Å². The third kappa shape index (κ3) is 3.66. The molecule has 0 bridgehead atoms. The Morgan fingerprint density at radius 2 is 1.97 bits per heavy atom. The summed E-state index contributed by atoms with van der Waals surface area (Å²) in [5.41, 5.74) is 1.88. The zero-order valence-corrected chi connectivity index (χ0v) is 17.6. The lowest BCUT2D eigenvalue weighted by Gasteiger charge is -2.12. The second-order valence-electron chi connectivity index (χ2n) is 6.46. The Balaban J connectivity index is 1.75. The number of rotatable bonds is 5. The van der Waals surface area contributed by atoms with Crippen molar-refractivity contribution in [1.82, 2.24) is 9.38 Å². The summed E-state index contributed by atoms with van der Waals surface area (Å²) >= 11 is 1.31. The molecule has 0 spiro atoms. The number of aryl methyl sites for hydroxylation is 1. The maximum atomic E-state index is 13.6. The summed E-state index contributed by atoms with van der Waals surface area (Å²) in [6, 6.07) is 11.3. The van der Waals surface area contributed by atoms with Gasteiger partial charge in [-0.1, -0.05) is 12.1 Å². The van der Waals surface area contributed by atoms with E-state index in [1.54, 1.807) is 36.6 Å². The number of sulfonamides is 1. The number of nitrogens with one attached hydrogen (secondary N) is 1. The second-order valence-corrected chi connectivity index (χ2v) is 8.94. The number of anilines is 1. The van der Waals surface area contributed by atoms with E-state index in [0.29, 0.717) is 21.9 Å². The molecule has 154 valence electrons. The van der Waals surface area contributed by atoms with E-state index < -0.39 is 15.8 Å². The zero-order valence-electron chi connectivity index (χ0n) is 15.9. The van der Waals surface area contributed by atoms with Crippen molar-refractivity contribution in [3.8, 4) is 17.0 Å². The largest absolute Gasteiger partial charge is 0.495 e. The molecular formula is C20H16FN3O4S2.